The van der Waals surface area contributed by atoms with Crippen LogP contribution in [0.5, 0.6) is 0 Å². The Hall–Kier alpha value is -2.17. The number of ether oxygens (including phenoxy) is 1. The zero-order chi connectivity index (χ0) is 17.6. The minimum atomic E-state index is -0.167. The van der Waals surface area contributed by atoms with Crippen LogP contribution < -0.4 is 11.1 Å². The van der Waals surface area contributed by atoms with Crippen molar-refractivity contribution in [1.29, 1.82) is 0 Å². The van der Waals surface area contributed by atoms with Crippen LogP contribution >= 0.6 is 0 Å². The van der Waals surface area contributed by atoms with Crippen LogP contribution in [0, 0.1) is 0 Å². The van der Waals surface area contributed by atoms with E-state index in [9.17, 15) is 4.79 Å². The maximum Gasteiger partial charge on any atom is 0.251 e. The van der Waals surface area contributed by atoms with Crippen LogP contribution in [-0.2, 0) is 24.4 Å². The Morgan fingerprint density at radius 1 is 1.04 bits per heavy atom. The molecule has 2 aromatic rings. The molecule has 2 aromatic carbocycles. The normalized spacial score (nSPS) is 11.3. The third kappa shape index (κ3) is 5.80. The van der Waals surface area contributed by atoms with Crippen molar-refractivity contribution in [1.82, 2.24) is 5.32 Å². The van der Waals surface area contributed by atoms with Gasteiger partial charge in [0.15, 0.2) is 0 Å². The highest BCUT2D eigenvalue weighted by molar-refractivity contribution is 5.94. The van der Waals surface area contributed by atoms with Crippen LogP contribution in [0.4, 0.5) is 0 Å². The van der Waals surface area contributed by atoms with E-state index in [2.05, 4.69) is 11.4 Å². The third-order valence-electron chi connectivity index (χ3n) is 3.57. The molecule has 0 unspecified atom stereocenters. The van der Waals surface area contributed by atoms with Gasteiger partial charge in [-0.3, -0.25) is 4.79 Å². The maximum atomic E-state index is 12.2. The smallest absolute Gasteiger partial charge is 0.251 e. The first-order valence-electron chi connectivity index (χ1n) is 8.16. The largest absolute Gasteiger partial charge is 0.371 e. The maximum absolute atomic E-state index is 12.2. The molecule has 24 heavy (non-hydrogen) atoms. The van der Waals surface area contributed by atoms with Gasteiger partial charge in [-0.1, -0.05) is 36.4 Å². The molecule has 0 spiro atoms. The molecule has 0 radical (unpaired) electrons. The Morgan fingerprint density at radius 3 is 2.33 bits per heavy atom. The van der Waals surface area contributed by atoms with Crippen molar-refractivity contribution in [3.63, 3.8) is 0 Å². The molecule has 1 amide bonds. The first-order valence-corrected chi connectivity index (χ1v) is 8.16. The minimum absolute atomic E-state index is 0.0880. The van der Waals surface area contributed by atoms with E-state index in [1.807, 2.05) is 51.1 Å². The number of nitrogens with one attached hydrogen (secondary N) is 1. The third-order valence-corrected chi connectivity index (χ3v) is 3.57. The number of amides is 1. The van der Waals surface area contributed by atoms with E-state index in [0.29, 0.717) is 25.3 Å². The van der Waals surface area contributed by atoms with E-state index in [0.717, 1.165) is 16.7 Å². The fraction of sp³-hybridized carbons (Fsp3) is 0.350. The average Bonchev–Trinajstić information content (AvgIpc) is 2.58. The predicted molar refractivity (Wildman–Crippen MR) is 96.5 cm³/mol. The molecule has 0 heterocycles. The van der Waals surface area contributed by atoms with E-state index in [1.165, 1.54) is 0 Å². The standard InChI is InChI=1S/C20H26N2O2/c1-20(2,3)24-14-17-6-4-5-16(11-17)13-22-19(23)18-9-7-15(12-21)8-10-18/h4-11H,12-14,21H2,1-3H3,(H,22,23). The van der Waals surface area contributed by atoms with Gasteiger partial charge in [-0.2, -0.15) is 0 Å². The average molecular weight is 326 g/mol. The number of carbonyl (C=O) groups is 1. The second-order valence-electron chi connectivity index (χ2n) is 6.80. The first-order chi connectivity index (χ1) is 11.4. The number of hydrogen-bond donors (Lipinski definition) is 2. The lowest BCUT2D eigenvalue weighted by atomic mass is 10.1. The Kier molecular flexibility index (Phi) is 6.12. The molecule has 0 saturated heterocycles. The summed E-state index contributed by atoms with van der Waals surface area (Å²) in [6.07, 6.45) is 0. The summed E-state index contributed by atoms with van der Waals surface area (Å²) >= 11 is 0. The molecule has 0 aromatic heterocycles. The van der Waals surface area contributed by atoms with Gasteiger partial charge in [-0.25, -0.2) is 0 Å². The summed E-state index contributed by atoms with van der Waals surface area (Å²) in [5, 5.41) is 2.94. The Balaban J connectivity index is 1.92. The number of nitrogens with two attached hydrogens (primary N) is 1. The van der Waals surface area contributed by atoms with E-state index in [-0.39, 0.29) is 11.5 Å². The highest BCUT2D eigenvalue weighted by Gasteiger charge is 2.10. The highest BCUT2D eigenvalue weighted by atomic mass is 16.5. The van der Waals surface area contributed by atoms with Gasteiger partial charge in [-0.05, 0) is 49.6 Å². The molecule has 4 nitrogen and oxygen atoms in total. The second kappa shape index (κ2) is 8.08. The quantitative estimate of drug-likeness (QED) is 0.855. The van der Waals surface area contributed by atoms with Crippen LogP contribution in [-0.4, -0.2) is 11.5 Å². The van der Waals surface area contributed by atoms with Crippen LogP contribution in [0.25, 0.3) is 0 Å². The monoisotopic (exact) mass is 326 g/mol. The van der Waals surface area contributed by atoms with E-state index in [1.54, 1.807) is 12.1 Å². The van der Waals surface area contributed by atoms with Gasteiger partial charge in [0.05, 0.1) is 12.2 Å². The van der Waals surface area contributed by atoms with Crippen LogP contribution in [0.1, 0.15) is 47.8 Å². The van der Waals surface area contributed by atoms with Gasteiger partial charge in [0.25, 0.3) is 5.91 Å². The molecule has 0 fully saturated rings. The summed E-state index contributed by atoms with van der Waals surface area (Å²) in [4.78, 5) is 12.2. The Labute approximate surface area is 144 Å². The zero-order valence-corrected chi connectivity index (χ0v) is 14.6. The van der Waals surface area contributed by atoms with Crippen molar-refractivity contribution < 1.29 is 9.53 Å². The number of benzene rings is 2. The molecule has 0 bridgehead atoms. The fourth-order valence-electron chi connectivity index (χ4n) is 2.21. The van der Waals surface area contributed by atoms with Crippen LogP contribution in [0.2, 0.25) is 0 Å². The second-order valence-corrected chi connectivity index (χ2v) is 6.80. The lowest BCUT2D eigenvalue weighted by molar-refractivity contribution is -0.0149. The number of rotatable bonds is 6. The predicted octanol–water partition coefficient (Wildman–Crippen LogP) is 3.39. The fourth-order valence-corrected chi connectivity index (χ4v) is 2.21. The summed E-state index contributed by atoms with van der Waals surface area (Å²) in [6, 6.07) is 15.4. The van der Waals surface area contributed by atoms with Crippen LogP contribution in [0.15, 0.2) is 48.5 Å². The summed E-state index contributed by atoms with van der Waals surface area (Å²) in [5.74, 6) is -0.0880. The van der Waals surface area contributed by atoms with Crippen molar-refractivity contribution in [3.8, 4) is 0 Å². The highest BCUT2D eigenvalue weighted by Crippen LogP contribution is 2.13. The molecule has 0 atom stereocenters. The van der Waals surface area contributed by atoms with Gasteiger partial charge in [0.2, 0.25) is 0 Å². The van der Waals surface area contributed by atoms with Crippen molar-refractivity contribution in [2.75, 3.05) is 0 Å². The summed E-state index contributed by atoms with van der Waals surface area (Å²) in [5.41, 5.74) is 9.20. The molecule has 0 saturated carbocycles. The molecule has 0 aliphatic heterocycles. The van der Waals surface area contributed by atoms with E-state index in [4.69, 9.17) is 10.5 Å². The molecule has 2 rings (SSSR count). The molecule has 4 heteroatoms. The van der Waals surface area contributed by atoms with E-state index >= 15 is 0 Å². The topological polar surface area (TPSA) is 64.3 Å². The van der Waals surface area contributed by atoms with Crippen molar-refractivity contribution in [2.45, 2.75) is 46.1 Å². The molecular formula is C20H26N2O2. The summed E-state index contributed by atoms with van der Waals surface area (Å²) in [6.45, 7) is 7.63. The van der Waals surface area contributed by atoms with Crippen molar-refractivity contribution >= 4 is 5.91 Å². The van der Waals surface area contributed by atoms with Crippen LogP contribution in [0.3, 0.4) is 0 Å². The number of hydrogen-bond acceptors (Lipinski definition) is 3. The SMILES string of the molecule is CC(C)(C)OCc1cccc(CNC(=O)c2ccc(CN)cc2)c1. The summed E-state index contributed by atoms with van der Waals surface area (Å²) < 4.78 is 5.79. The van der Waals surface area contributed by atoms with Gasteiger partial charge in [0.1, 0.15) is 0 Å². The number of carbonyl (C=O) groups excluding carboxylic acids is 1. The van der Waals surface area contributed by atoms with Gasteiger partial charge in [-0.15, -0.1) is 0 Å². The Morgan fingerprint density at radius 2 is 1.71 bits per heavy atom. The molecular weight excluding hydrogens is 300 g/mol. The summed E-state index contributed by atoms with van der Waals surface area (Å²) in [7, 11) is 0. The lowest BCUT2D eigenvalue weighted by Crippen LogP contribution is -2.23. The minimum Gasteiger partial charge on any atom is -0.371 e. The first kappa shape index (κ1) is 18.2. The van der Waals surface area contributed by atoms with Crippen molar-refractivity contribution in [2.24, 2.45) is 5.73 Å². The Bertz CT molecular complexity index is 673. The van der Waals surface area contributed by atoms with Gasteiger partial charge < -0.3 is 15.8 Å². The lowest BCUT2D eigenvalue weighted by Gasteiger charge is -2.19. The molecule has 3 N–H and O–H groups in total. The van der Waals surface area contributed by atoms with Gasteiger partial charge >= 0.3 is 0 Å². The molecule has 0 aliphatic rings. The van der Waals surface area contributed by atoms with Gasteiger partial charge in [0, 0.05) is 18.7 Å². The molecule has 0 aliphatic carbocycles. The molecule has 128 valence electrons. The zero-order valence-electron chi connectivity index (χ0n) is 14.6. The van der Waals surface area contributed by atoms with Crippen molar-refractivity contribution in [3.05, 3.63) is 70.8 Å². The van der Waals surface area contributed by atoms with E-state index < -0.39 is 0 Å².